The average Bonchev–Trinajstić information content (AvgIpc) is 3.94. The highest BCUT2D eigenvalue weighted by Gasteiger charge is 2.48. The number of benzene rings is 2. The quantitative estimate of drug-likeness (QED) is 0.273. The number of H-pyrrole nitrogens is 1. The fourth-order valence-corrected chi connectivity index (χ4v) is 11.3. The predicted molar refractivity (Wildman–Crippen MR) is 217 cm³/mol. The lowest BCUT2D eigenvalue weighted by Crippen LogP contribution is -2.59. The first-order valence-electron chi connectivity index (χ1n) is 21.4. The second-order valence-corrected chi connectivity index (χ2v) is 17.8. The van der Waals surface area contributed by atoms with Crippen LogP contribution in [0.1, 0.15) is 77.8 Å². The number of aromatic amines is 1. The average molecular weight is 822 g/mol. The van der Waals surface area contributed by atoms with Gasteiger partial charge < -0.3 is 29.2 Å². The maximum Gasteiger partial charge on any atom is 0.255 e. The zero-order valence-corrected chi connectivity index (χ0v) is 33.6. The predicted octanol–water partition coefficient (Wildman–Crippen LogP) is 4.03. The van der Waals surface area contributed by atoms with Crippen LogP contribution in [0.3, 0.4) is 0 Å². The molecule has 3 amide bonds. The fraction of sp³-hybridized carbons (Fsp3) is 0.523. The lowest BCUT2D eigenvalue weighted by Gasteiger charge is -2.47. The number of carbonyl (C=O) groups is 3. The molecule has 314 valence electrons. The molecule has 7 aliphatic heterocycles. The van der Waals surface area contributed by atoms with Crippen LogP contribution >= 0.6 is 0 Å². The lowest BCUT2D eigenvalue weighted by atomic mass is 9.87. The number of carbonyl (C=O) groups excluding carboxylic acids is 3. The first kappa shape index (κ1) is 37.8. The number of amides is 3. The van der Waals surface area contributed by atoms with Gasteiger partial charge in [-0.3, -0.25) is 29.5 Å². The lowest BCUT2D eigenvalue weighted by molar-refractivity contribution is -0.136. The second-order valence-electron chi connectivity index (χ2n) is 17.8. The van der Waals surface area contributed by atoms with E-state index in [0.29, 0.717) is 50.2 Å². The Labute approximate surface area is 346 Å². The van der Waals surface area contributed by atoms with E-state index in [4.69, 9.17) is 19.4 Å². The number of rotatable bonds is 6. The number of fused-ring (bicyclic) bond motifs is 8. The molecule has 4 fully saturated rings. The SMILES string of the molecule is C[C@@H]1Cc2c([nH]c3ccccc23)[C@@H](c2cnc(N3CCC4(CC3)CC(N3CCN5c6ccc7c(c6OC[C@H]5C3)CN(C3CCC(=O)NC3=O)C7=O)CO4)nc2)N1CC(F)F. The number of ether oxygens (including phenoxy) is 2. The molecule has 2 aromatic carbocycles. The Kier molecular flexibility index (Phi) is 9.12. The van der Waals surface area contributed by atoms with Crippen molar-refractivity contribution in [1.29, 1.82) is 0 Å². The standard InChI is InChI=1S/C44H49F2N9O5/c1-25-16-31-29-4-2-3-5-33(29)49-38(31)39(54(25)22-36(45)46)26-18-47-43(48-19-26)51-12-10-44(11-13-51)17-27(24-60-44)52-14-15-53-28(20-52)23-59-40-32-21-55(35-8-9-37(56)50-41(35)57)42(58)30(32)6-7-34(40)53/h2-7,18-19,25,27-28,35-36,39,49H,8-17,20-24H2,1H3,(H,50,56,57)/t25-,27?,28-,35?,39-/m1/s1. The molecule has 0 bridgehead atoms. The smallest absolute Gasteiger partial charge is 0.255 e. The third-order valence-corrected chi connectivity index (χ3v) is 14.4. The van der Waals surface area contributed by atoms with Gasteiger partial charge in [-0.05, 0) is 62.8 Å². The Bertz CT molecular complexity index is 2370. The van der Waals surface area contributed by atoms with Crippen molar-refractivity contribution in [3.05, 3.63) is 76.7 Å². The van der Waals surface area contributed by atoms with E-state index in [1.54, 1.807) is 4.90 Å². The molecule has 60 heavy (non-hydrogen) atoms. The van der Waals surface area contributed by atoms with Crippen molar-refractivity contribution in [2.24, 2.45) is 0 Å². The van der Waals surface area contributed by atoms with Crippen LogP contribution < -0.4 is 19.9 Å². The van der Waals surface area contributed by atoms with E-state index < -0.39 is 24.4 Å². The number of halogens is 2. The summed E-state index contributed by atoms with van der Waals surface area (Å²) >= 11 is 0. The molecule has 16 heteroatoms. The van der Waals surface area contributed by atoms with Crippen molar-refractivity contribution >= 4 is 40.3 Å². The molecular formula is C44H49F2N9O5. The molecule has 4 saturated heterocycles. The number of hydrogen-bond donors (Lipinski definition) is 2. The van der Waals surface area contributed by atoms with E-state index >= 15 is 0 Å². The van der Waals surface area contributed by atoms with Crippen molar-refractivity contribution < 1.29 is 32.6 Å². The third-order valence-electron chi connectivity index (χ3n) is 14.4. The Balaban J connectivity index is 0.725. The number of piperidine rings is 2. The Morgan fingerprint density at radius 3 is 2.57 bits per heavy atom. The fourth-order valence-electron chi connectivity index (χ4n) is 11.3. The van der Waals surface area contributed by atoms with Crippen LogP contribution in [0.5, 0.6) is 5.75 Å². The van der Waals surface area contributed by atoms with E-state index in [-0.39, 0.29) is 42.5 Å². The van der Waals surface area contributed by atoms with Crippen LogP contribution in [-0.4, -0.2) is 136 Å². The molecule has 0 saturated carbocycles. The minimum atomic E-state index is -2.46. The molecule has 0 radical (unpaired) electrons. The van der Waals surface area contributed by atoms with E-state index in [2.05, 4.69) is 31.1 Å². The van der Waals surface area contributed by atoms with Crippen molar-refractivity contribution in [2.45, 2.75) is 94.2 Å². The Morgan fingerprint density at radius 2 is 1.77 bits per heavy atom. The molecule has 7 aliphatic rings. The van der Waals surface area contributed by atoms with Crippen molar-refractivity contribution in [1.82, 2.24) is 35.0 Å². The number of nitrogens with zero attached hydrogens (tertiary/aromatic N) is 7. The zero-order valence-electron chi connectivity index (χ0n) is 33.6. The summed E-state index contributed by atoms with van der Waals surface area (Å²) in [5.41, 5.74) is 6.12. The summed E-state index contributed by atoms with van der Waals surface area (Å²) in [5, 5.41) is 3.52. The summed E-state index contributed by atoms with van der Waals surface area (Å²) < 4.78 is 41.0. The van der Waals surface area contributed by atoms with Gasteiger partial charge in [-0.15, -0.1) is 0 Å². The minimum Gasteiger partial charge on any atom is -0.489 e. The molecule has 14 nitrogen and oxygen atoms in total. The second kappa shape index (κ2) is 14.5. The summed E-state index contributed by atoms with van der Waals surface area (Å²) in [5.74, 6) is 0.469. The van der Waals surface area contributed by atoms with Gasteiger partial charge in [0.1, 0.15) is 18.4 Å². The van der Waals surface area contributed by atoms with Gasteiger partial charge in [0.2, 0.25) is 17.8 Å². The molecule has 2 unspecified atom stereocenters. The van der Waals surface area contributed by atoms with Crippen molar-refractivity contribution in [3.8, 4) is 5.75 Å². The maximum atomic E-state index is 13.9. The van der Waals surface area contributed by atoms with Gasteiger partial charge in [-0.2, -0.15) is 0 Å². The zero-order chi connectivity index (χ0) is 40.9. The molecule has 2 aromatic heterocycles. The molecule has 9 heterocycles. The summed E-state index contributed by atoms with van der Waals surface area (Å²) in [4.78, 5) is 61.6. The van der Waals surface area contributed by atoms with Crippen molar-refractivity contribution in [3.63, 3.8) is 0 Å². The summed E-state index contributed by atoms with van der Waals surface area (Å²) in [6.45, 7) is 7.29. The van der Waals surface area contributed by atoms with Crippen LogP contribution in [-0.2, 0) is 27.3 Å². The molecule has 5 atom stereocenters. The monoisotopic (exact) mass is 821 g/mol. The van der Waals surface area contributed by atoms with Crippen LogP contribution in [0.4, 0.5) is 20.4 Å². The number of hydrogen-bond acceptors (Lipinski definition) is 11. The number of anilines is 2. The van der Waals surface area contributed by atoms with Gasteiger partial charge in [-0.25, -0.2) is 18.7 Å². The third kappa shape index (κ3) is 6.23. The first-order valence-corrected chi connectivity index (χ1v) is 21.4. The first-order chi connectivity index (χ1) is 29.1. The Morgan fingerprint density at radius 1 is 0.950 bits per heavy atom. The van der Waals surface area contributed by atoms with Crippen LogP contribution in [0.2, 0.25) is 0 Å². The maximum absolute atomic E-state index is 13.9. The molecule has 2 N–H and O–H groups in total. The topological polar surface area (TPSA) is 139 Å². The van der Waals surface area contributed by atoms with Gasteiger partial charge in [0.05, 0.1) is 43.1 Å². The number of imide groups is 1. The van der Waals surface area contributed by atoms with Crippen LogP contribution in [0.25, 0.3) is 10.9 Å². The highest BCUT2D eigenvalue weighted by Crippen LogP contribution is 2.46. The Hall–Kier alpha value is -5.19. The van der Waals surface area contributed by atoms with Crippen molar-refractivity contribution in [2.75, 3.05) is 62.3 Å². The molecule has 11 rings (SSSR count). The number of aromatic nitrogens is 3. The van der Waals surface area contributed by atoms with E-state index in [0.717, 1.165) is 91.1 Å². The highest BCUT2D eigenvalue weighted by atomic mass is 19.3. The number of para-hydroxylation sites is 1. The highest BCUT2D eigenvalue weighted by molar-refractivity contribution is 6.06. The molecular weight excluding hydrogens is 773 g/mol. The van der Waals surface area contributed by atoms with Crippen LogP contribution in [0.15, 0.2) is 48.8 Å². The molecule has 1 spiro atoms. The van der Waals surface area contributed by atoms with Gasteiger partial charge >= 0.3 is 0 Å². The summed E-state index contributed by atoms with van der Waals surface area (Å²) in [6.07, 6.45) is 5.12. The molecule has 0 aliphatic carbocycles. The van der Waals surface area contributed by atoms with Gasteiger partial charge in [-0.1, -0.05) is 18.2 Å². The number of alkyl halides is 2. The summed E-state index contributed by atoms with van der Waals surface area (Å²) in [7, 11) is 0. The number of piperazine rings is 1. The largest absolute Gasteiger partial charge is 0.489 e. The van der Waals surface area contributed by atoms with Crippen LogP contribution in [0, 0.1) is 0 Å². The number of nitrogens with one attached hydrogen (secondary N) is 2. The molecule has 4 aromatic rings. The van der Waals surface area contributed by atoms with Gasteiger partial charge in [0.25, 0.3) is 12.3 Å². The van der Waals surface area contributed by atoms with Gasteiger partial charge in [0.15, 0.2) is 0 Å². The minimum absolute atomic E-state index is 0.0731. The van der Waals surface area contributed by atoms with Gasteiger partial charge in [0, 0.05) is 96.9 Å². The van der Waals surface area contributed by atoms with E-state index in [9.17, 15) is 23.2 Å². The van der Waals surface area contributed by atoms with E-state index in [1.807, 2.05) is 54.5 Å². The summed E-state index contributed by atoms with van der Waals surface area (Å²) in [6, 6.07) is 11.3. The van der Waals surface area contributed by atoms with E-state index in [1.165, 1.54) is 5.56 Å². The normalized spacial score (nSPS) is 27.9.